The Morgan fingerprint density at radius 2 is 0.913 bits per heavy atom. The van der Waals surface area contributed by atoms with Crippen molar-refractivity contribution in [2.75, 3.05) is 0 Å². The first-order chi connectivity index (χ1) is 22.7. The average Bonchev–Trinajstić information content (AvgIpc) is 3.92. The molecule has 0 saturated carbocycles. The van der Waals surface area contributed by atoms with E-state index in [0.717, 1.165) is 0 Å². The van der Waals surface area contributed by atoms with Crippen LogP contribution in [0, 0.1) is 0 Å². The number of unbranched alkanes of at least 4 members (excludes halogenated alkanes) is 6. The summed E-state index contributed by atoms with van der Waals surface area (Å²) >= 11 is 7.61. The first kappa shape index (κ1) is 32.9. The number of hydrogen-bond acceptors (Lipinski definition) is 4. The fourth-order valence-electron chi connectivity index (χ4n) is 5.94. The van der Waals surface area contributed by atoms with Gasteiger partial charge in [0.15, 0.2) is 0 Å². The first-order valence-corrected chi connectivity index (χ1v) is 20.3. The van der Waals surface area contributed by atoms with Gasteiger partial charge in [0.2, 0.25) is 0 Å². The molecule has 4 aromatic heterocycles. The molecule has 0 spiro atoms. The standard InChI is InChI=1S/C42H44S4/c1-3-5-7-9-13-35-29-39(45-41(35)37-15-11-27-43-37)33-23-19-31(20-24-33)17-18-32-21-25-34(26-22-32)40-30-36(14-10-8-6-4-2)42(46-40)38-16-12-28-44-38/h11-12,15-30H,3-10,13-14H2,1-2H3/b18-17+. The third-order valence-electron chi connectivity index (χ3n) is 8.57. The van der Waals surface area contributed by atoms with E-state index in [2.05, 4.69) is 122 Å². The highest BCUT2D eigenvalue weighted by Crippen LogP contribution is 2.42. The Morgan fingerprint density at radius 3 is 1.28 bits per heavy atom. The van der Waals surface area contributed by atoms with E-state index < -0.39 is 0 Å². The molecule has 6 rings (SSSR count). The number of benzene rings is 2. The van der Waals surface area contributed by atoms with Crippen LogP contribution >= 0.6 is 45.3 Å². The molecule has 2 aromatic carbocycles. The van der Waals surface area contributed by atoms with Crippen LogP contribution in [0.4, 0.5) is 0 Å². The zero-order chi connectivity index (χ0) is 31.6. The second kappa shape index (κ2) is 16.7. The predicted molar refractivity (Wildman–Crippen MR) is 211 cm³/mol. The van der Waals surface area contributed by atoms with E-state index in [1.807, 2.05) is 45.3 Å². The fourth-order valence-corrected chi connectivity index (χ4v) is 10.1. The Kier molecular flexibility index (Phi) is 11.9. The maximum atomic E-state index is 2.45. The maximum absolute atomic E-state index is 2.45. The topological polar surface area (TPSA) is 0 Å². The molecule has 6 aromatic rings. The van der Waals surface area contributed by atoms with Crippen molar-refractivity contribution in [3.8, 4) is 40.4 Å². The molecular formula is C42H44S4. The van der Waals surface area contributed by atoms with Crippen LogP contribution in [0.25, 0.3) is 52.5 Å². The van der Waals surface area contributed by atoms with Crippen molar-refractivity contribution >= 4 is 57.5 Å². The molecule has 0 aliphatic carbocycles. The van der Waals surface area contributed by atoms with Gasteiger partial charge < -0.3 is 0 Å². The van der Waals surface area contributed by atoms with Gasteiger partial charge in [-0.2, -0.15) is 0 Å². The number of thiophene rings is 4. The van der Waals surface area contributed by atoms with Crippen molar-refractivity contribution in [2.45, 2.75) is 78.1 Å². The molecule has 0 bridgehead atoms. The summed E-state index contributed by atoms with van der Waals surface area (Å²) in [5.41, 5.74) is 8.11. The average molecular weight is 677 g/mol. The lowest BCUT2D eigenvalue weighted by Crippen LogP contribution is -1.85. The van der Waals surface area contributed by atoms with Crippen molar-refractivity contribution in [3.05, 3.63) is 118 Å². The number of aryl methyl sites for hydroxylation is 2. The van der Waals surface area contributed by atoms with Crippen LogP contribution in [0.3, 0.4) is 0 Å². The summed E-state index contributed by atoms with van der Waals surface area (Å²) in [7, 11) is 0. The molecule has 0 unspecified atom stereocenters. The molecule has 0 saturated heterocycles. The van der Waals surface area contributed by atoms with Gasteiger partial charge in [-0.1, -0.05) is 125 Å². The van der Waals surface area contributed by atoms with E-state index >= 15 is 0 Å². The van der Waals surface area contributed by atoms with Crippen molar-refractivity contribution in [1.29, 1.82) is 0 Å². The Balaban J connectivity index is 1.13. The predicted octanol–water partition coefficient (Wildman–Crippen LogP) is 15.0. The molecule has 0 aliphatic rings. The maximum Gasteiger partial charge on any atom is 0.0481 e. The molecule has 46 heavy (non-hydrogen) atoms. The van der Waals surface area contributed by atoms with Crippen molar-refractivity contribution < 1.29 is 0 Å². The summed E-state index contributed by atoms with van der Waals surface area (Å²) in [4.78, 5) is 8.47. The SMILES string of the molecule is CCCCCCc1cc(-c2ccc(/C=C/c3ccc(-c4cc(CCCCCC)c(-c5cccs5)s4)cc3)cc2)sc1-c1cccs1. The minimum atomic E-state index is 1.17. The quantitative estimate of drug-likeness (QED) is 0.0707. The van der Waals surface area contributed by atoms with E-state index in [-0.39, 0.29) is 0 Å². The minimum Gasteiger partial charge on any atom is -0.143 e. The Morgan fingerprint density at radius 1 is 0.478 bits per heavy atom. The van der Waals surface area contributed by atoms with Gasteiger partial charge in [0.25, 0.3) is 0 Å². The zero-order valence-corrected chi connectivity index (χ0v) is 30.4. The normalized spacial score (nSPS) is 11.6. The highest BCUT2D eigenvalue weighted by molar-refractivity contribution is 7.24. The Labute approximate surface area is 292 Å². The molecule has 0 atom stereocenters. The van der Waals surface area contributed by atoms with Crippen LogP contribution in [0.5, 0.6) is 0 Å². The fraction of sp³-hybridized carbons (Fsp3) is 0.286. The van der Waals surface area contributed by atoms with E-state index in [1.54, 1.807) is 0 Å². The second-order valence-corrected chi connectivity index (χ2v) is 16.1. The minimum absolute atomic E-state index is 1.17. The summed E-state index contributed by atoms with van der Waals surface area (Å²) in [6.45, 7) is 4.57. The monoisotopic (exact) mass is 676 g/mol. The lowest BCUT2D eigenvalue weighted by Gasteiger charge is -2.01. The summed E-state index contributed by atoms with van der Waals surface area (Å²) in [5, 5.41) is 4.39. The van der Waals surface area contributed by atoms with E-state index in [0.29, 0.717) is 0 Å². The van der Waals surface area contributed by atoms with Crippen LogP contribution < -0.4 is 0 Å². The van der Waals surface area contributed by atoms with Crippen LogP contribution in [-0.4, -0.2) is 0 Å². The molecule has 0 amide bonds. The van der Waals surface area contributed by atoms with Gasteiger partial charge in [-0.25, -0.2) is 0 Å². The second-order valence-electron chi connectivity index (χ2n) is 12.1. The molecule has 4 heteroatoms. The molecular weight excluding hydrogens is 633 g/mol. The van der Waals surface area contributed by atoms with Crippen molar-refractivity contribution in [3.63, 3.8) is 0 Å². The van der Waals surface area contributed by atoms with Gasteiger partial charge in [0.1, 0.15) is 0 Å². The largest absolute Gasteiger partial charge is 0.143 e. The highest BCUT2D eigenvalue weighted by Gasteiger charge is 2.15. The van der Waals surface area contributed by atoms with Gasteiger partial charge in [0, 0.05) is 29.3 Å². The lowest BCUT2D eigenvalue weighted by atomic mass is 10.0. The van der Waals surface area contributed by atoms with Crippen LogP contribution in [0.1, 0.15) is 87.5 Å². The van der Waals surface area contributed by atoms with Gasteiger partial charge in [0.05, 0.1) is 0 Å². The van der Waals surface area contributed by atoms with Gasteiger partial charge in [-0.15, -0.1) is 45.3 Å². The first-order valence-electron chi connectivity index (χ1n) is 16.9. The van der Waals surface area contributed by atoms with Gasteiger partial charge in [-0.3, -0.25) is 0 Å². The van der Waals surface area contributed by atoms with Crippen LogP contribution in [0.15, 0.2) is 95.7 Å². The summed E-state index contributed by atoms with van der Waals surface area (Å²) in [6.07, 6.45) is 17.2. The van der Waals surface area contributed by atoms with Gasteiger partial charge in [-0.05, 0) is 94.1 Å². The molecule has 0 aliphatic heterocycles. The zero-order valence-electron chi connectivity index (χ0n) is 27.1. The van der Waals surface area contributed by atoms with E-state index in [4.69, 9.17) is 0 Å². The summed E-state index contributed by atoms with van der Waals surface area (Å²) in [5.74, 6) is 0. The van der Waals surface area contributed by atoms with Gasteiger partial charge >= 0.3 is 0 Å². The van der Waals surface area contributed by atoms with E-state index in [9.17, 15) is 0 Å². The van der Waals surface area contributed by atoms with Crippen molar-refractivity contribution in [2.24, 2.45) is 0 Å². The summed E-state index contributed by atoms with van der Waals surface area (Å²) in [6, 6.07) is 32.0. The van der Waals surface area contributed by atoms with Crippen LogP contribution in [-0.2, 0) is 12.8 Å². The lowest BCUT2D eigenvalue weighted by molar-refractivity contribution is 0.668. The molecule has 236 valence electrons. The molecule has 0 nitrogen and oxygen atoms in total. The van der Waals surface area contributed by atoms with Crippen molar-refractivity contribution in [1.82, 2.24) is 0 Å². The third kappa shape index (κ3) is 8.46. The van der Waals surface area contributed by atoms with Crippen LogP contribution in [0.2, 0.25) is 0 Å². The molecule has 0 N–H and O–H groups in total. The molecule has 0 radical (unpaired) electrons. The van der Waals surface area contributed by atoms with E-state index in [1.165, 1.54) is 127 Å². The highest BCUT2D eigenvalue weighted by atomic mass is 32.1. The smallest absolute Gasteiger partial charge is 0.0481 e. The Bertz CT molecular complexity index is 1640. The molecule has 0 fully saturated rings. The Hall–Kier alpha value is -3.02. The third-order valence-corrected chi connectivity index (χ3v) is 13.1. The number of hydrogen-bond donors (Lipinski definition) is 0. The number of rotatable bonds is 16. The molecule has 4 heterocycles. The summed E-state index contributed by atoms with van der Waals surface area (Å²) < 4.78 is 0.